The minimum Gasteiger partial charge on any atom is -0.383 e. The SMILES string of the molecule is Cn1nc(C2C(C)(C)C2(C)C)c(-c2cccc(F)c2)c1N. The highest BCUT2D eigenvalue weighted by Crippen LogP contribution is 2.74. The van der Waals surface area contributed by atoms with Gasteiger partial charge in [-0.25, -0.2) is 4.39 Å². The van der Waals surface area contributed by atoms with Crippen LogP contribution in [-0.4, -0.2) is 9.78 Å². The Bertz CT molecular complexity index is 699. The van der Waals surface area contributed by atoms with Gasteiger partial charge >= 0.3 is 0 Å². The second kappa shape index (κ2) is 4.09. The van der Waals surface area contributed by atoms with Crippen molar-refractivity contribution in [2.75, 3.05) is 5.73 Å². The fourth-order valence-electron chi connectivity index (χ4n) is 3.58. The Hall–Kier alpha value is -1.84. The van der Waals surface area contributed by atoms with E-state index in [0.717, 1.165) is 16.8 Å². The van der Waals surface area contributed by atoms with Crippen molar-refractivity contribution in [3.63, 3.8) is 0 Å². The van der Waals surface area contributed by atoms with Crippen LogP contribution in [-0.2, 0) is 7.05 Å². The molecule has 2 N–H and O–H groups in total. The fraction of sp³-hybridized carbons (Fsp3) is 0.471. The number of nitrogens with zero attached hydrogens (tertiary/aromatic N) is 2. The highest BCUT2D eigenvalue weighted by atomic mass is 19.1. The minimum atomic E-state index is -0.254. The molecule has 0 radical (unpaired) electrons. The van der Waals surface area contributed by atoms with Gasteiger partial charge in [0.25, 0.3) is 0 Å². The highest BCUT2D eigenvalue weighted by Gasteiger charge is 2.66. The number of hydrogen-bond acceptors (Lipinski definition) is 2. The third-order valence-corrected chi connectivity index (χ3v) is 5.53. The Balaban J connectivity index is 2.19. The first-order valence-corrected chi connectivity index (χ1v) is 7.26. The number of aromatic nitrogens is 2. The molecule has 1 aliphatic carbocycles. The van der Waals surface area contributed by atoms with Crippen LogP contribution in [0.4, 0.5) is 10.2 Å². The predicted molar refractivity (Wildman–Crippen MR) is 83.3 cm³/mol. The van der Waals surface area contributed by atoms with Gasteiger partial charge in [-0.1, -0.05) is 39.8 Å². The van der Waals surface area contributed by atoms with Gasteiger partial charge in [-0.2, -0.15) is 5.10 Å². The molecule has 0 aliphatic heterocycles. The van der Waals surface area contributed by atoms with Gasteiger partial charge in [0.1, 0.15) is 11.6 Å². The van der Waals surface area contributed by atoms with E-state index in [-0.39, 0.29) is 16.6 Å². The lowest BCUT2D eigenvalue weighted by Gasteiger charge is -2.06. The van der Waals surface area contributed by atoms with Crippen molar-refractivity contribution in [3.05, 3.63) is 35.8 Å². The Labute approximate surface area is 125 Å². The summed E-state index contributed by atoms with van der Waals surface area (Å²) in [6.45, 7) is 8.99. The quantitative estimate of drug-likeness (QED) is 0.908. The topological polar surface area (TPSA) is 43.8 Å². The molecule has 1 aliphatic rings. The summed E-state index contributed by atoms with van der Waals surface area (Å²) >= 11 is 0. The molecule has 1 aromatic heterocycles. The number of hydrogen-bond donors (Lipinski definition) is 1. The van der Waals surface area contributed by atoms with Crippen molar-refractivity contribution in [2.24, 2.45) is 17.9 Å². The van der Waals surface area contributed by atoms with Crippen molar-refractivity contribution < 1.29 is 4.39 Å². The molecular formula is C17H22FN3. The summed E-state index contributed by atoms with van der Waals surface area (Å²) in [5.41, 5.74) is 9.19. The second-order valence-corrected chi connectivity index (χ2v) is 7.16. The lowest BCUT2D eigenvalue weighted by molar-refractivity contribution is 0.457. The molecular weight excluding hydrogens is 265 g/mol. The molecule has 0 spiro atoms. The van der Waals surface area contributed by atoms with Crippen molar-refractivity contribution in [1.82, 2.24) is 9.78 Å². The van der Waals surface area contributed by atoms with Gasteiger partial charge in [-0.3, -0.25) is 4.68 Å². The molecule has 0 atom stereocenters. The third kappa shape index (κ3) is 1.81. The molecule has 3 nitrogen and oxygen atoms in total. The second-order valence-electron chi connectivity index (χ2n) is 7.16. The fourth-order valence-corrected chi connectivity index (χ4v) is 3.58. The summed E-state index contributed by atoms with van der Waals surface area (Å²) in [4.78, 5) is 0. The zero-order valence-electron chi connectivity index (χ0n) is 13.2. The maximum atomic E-state index is 13.6. The van der Waals surface area contributed by atoms with Crippen LogP contribution < -0.4 is 5.73 Å². The molecule has 21 heavy (non-hydrogen) atoms. The highest BCUT2D eigenvalue weighted by molar-refractivity contribution is 5.78. The molecule has 3 rings (SSSR count). The Morgan fingerprint density at radius 1 is 1.19 bits per heavy atom. The number of nitrogens with two attached hydrogens (primary N) is 1. The van der Waals surface area contributed by atoms with Crippen LogP contribution in [0, 0.1) is 16.6 Å². The Kier molecular flexibility index (Phi) is 2.75. The zero-order valence-corrected chi connectivity index (χ0v) is 13.2. The average Bonchev–Trinajstić information content (AvgIpc) is 2.61. The molecule has 1 aromatic carbocycles. The lowest BCUT2D eigenvalue weighted by Crippen LogP contribution is -1.98. The normalized spacial score (nSPS) is 19.7. The largest absolute Gasteiger partial charge is 0.383 e. The molecule has 112 valence electrons. The van der Waals surface area contributed by atoms with Crippen molar-refractivity contribution in [2.45, 2.75) is 33.6 Å². The van der Waals surface area contributed by atoms with Gasteiger partial charge in [0.15, 0.2) is 0 Å². The summed E-state index contributed by atoms with van der Waals surface area (Å²) in [5, 5.41) is 4.64. The predicted octanol–water partition coefficient (Wildman–Crippen LogP) is 3.96. The molecule has 2 aromatic rings. The van der Waals surface area contributed by atoms with E-state index in [9.17, 15) is 4.39 Å². The van der Waals surface area contributed by atoms with Gasteiger partial charge in [0.2, 0.25) is 0 Å². The number of anilines is 1. The minimum absolute atomic E-state index is 0.163. The standard InChI is InChI=1S/C17H22FN3/c1-16(2)14(17(16,3)4)13-12(15(19)21(5)20-13)10-7-6-8-11(18)9-10/h6-9,14H,19H2,1-5H3. The summed E-state index contributed by atoms with van der Waals surface area (Å²) < 4.78 is 15.3. The van der Waals surface area contributed by atoms with Crippen molar-refractivity contribution in [1.29, 1.82) is 0 Å². The van der Waals surface area contributed by atoms with Crippen LogP contribution in [0.15, 0.2) is 24.3 Å². The molecule has 1 heterocycles. The maximum Gasteiger partial charge on any atom is 0.129 e. The molecule has 1 fully saturated rings. The summed E-state index contributed by atoms with van der Waals surface area (Å²) in [6, 6.07) is 6.58. The smallest absolute Gasteiger partial charge is 0.129 e. The number of nitrogen functional groups attached to an aromatic ring is 1. The first kappa shape index (κ1) is 14.1. The first-order valence-electron chi connectivity index (χ1n) is 7.26. The number of halogens is 1. The maximum absolute atomic E-state index is 13.6. The monoisotopic (exact) mass is 287 g/mol. The van der Waals surface area contributed by atoms with E-state index >= 15 is 0 Å². The van der Waals surface area contributed by atoms with Crippen LogP contribution >= 0.6 is 0 Å². The summed E-state index contributed by atoms with van der Waals surface area (Å²) in [5.74, 6) is 0.664. The average molecular weight is 287 g/mol. The van der Waals surface area contributed by atoms with Crippen LogP contribution in [0.2, 0.25) is 0 Å². The van der Waals surface area contributed by atoms with Crippen LogP contribution in [0.5, 0.6) is 0 Å². The molecule has 0 amide bonds. The zero-order chi connectivity index (χ0) is 15.6. The molecule has 1 saturated carbocycles. The summed E-state index contributed by atoms with van der Waals surface area (Å²) in [6.07, 6.45) is 0. The van der Waals surface area contributed by atoms with Gasteiger partial charge < -0.3 is 5.73 Å². The molecule has 4 heteroatoms. The van der Waals surface area contributed by atoms with Crippen molar-refractivity contribution in [3.8, 4) is 11.1 Å². The number of rotatable bonds is 2. The molecule has 0 unspecified atom stereocenters. The van der Waals surface area contributed by atoms with Crippen molar-refractivity contribution >= 4 is 5.82 Å². The van der Waals surface area contributed by atoms with E-state index in [2.05, 4.69) is 32.8 Å². The number of aryl methyl sites for hydroxylation is 1. The van der Waals surface area contributed by atoms with E-state index in [4.69, 9.17) is 5.73 Å². The van der Waals surface area contributed by atoms with E-state index in [0.29, 0.717) is 11.7 Å². The lowest BCUT2D eigenvalue weighted by atomic mass is 9.99. The van der Waals surface area contributed by atoms with Gasteiger partial charge in [0.05, 0.1) is 5.69 Å². The van der Waals surface area contributed by atoms with Gasteiger partial charge in [-0.05, 0) is 28.5 Å². The van der Waals surface area contributed by atoms with E-state index in [1.54, 1.807) is 10.7 Å². The number of benzene rings is 1. The third-order valence-electron chi connectivity index (χ3n) is 5.53. The van der Waals surface area contributed by atoms with Crippen LogP contribution in [0.1, 0.15) is 39.3 Å². The summed E-state index contributed by atoms with van der Waals surface area (Å²) in [7, 11) is 1.84. The molecule has 0 bridgehead atoms. The van der Waals surface area contributed by atoms with Crippen LogP contribution in [0.3, 0.4) is 0 Å². The van der Waals surface area contributed by atoms with Gasteiger partial charge in [-0.15, -0.1) is 0 Å². The molecule has 0 saturated heterocycles. The Morgan fingerprint density at radius 3 is 2.33 bits per heavy atom. The van der Waals surface area contributed by atoms with E-state index in [1.807, 2.05) is 13.1 Å². The van der Waals surface area contributed by atoms with Crippen LogP contribution in [0.25, 0.3) is 11.1 Å². The first-order chi connectivity index (χ1) is 9.68. The van der Waals surface area contributed by atoms with Gasteiger partial charge in [0, 0.05) is 18.5 Å². The van der Waals surface area contributed by atoms with E-state index < -0.39 is 0 Å². The Morgan fingerprint density at radius 2 is 1.81 bits per heavy atom. The van der Waals surface area contributed by atoms with E-state index in [1.165, 1.54) is 12.1 Å².